The maximum atomic E-state index is 11.0. The molecule has 0 radical (unpaired) electrons. The van der Waals surface area contributed by atoms with Crippen molar-refractivity contribution < 1.29 is 15.5 Å². The Morgan fingerprint density at radius 3 is 2.64 bits per heavy atom. The third-order valence-electron chi connectivity index (χ3n) is 1.64. The molecule has 0 spiro atoms. The van der Waals surface area contributed by atoms with Gasteiger partial charge in [0.15, 0.2) is 6.61 Å². The van der Waals surface area contributed by atoms with E-state index in [1.54, 1.807) is 12.1 Å². The fourth-order valence-corrected chi connectivity index (χ4v) is 1.07. The van der Waals surface area contributed by atoms with Crippen LogP contribution in [-0.2, 0) is 16.2 Å². The third kappa shape index (κ3) is 3.74. The molecule has 0 bridgehead atoms. The molecule has 0 aliphatic rings. The van der Waals surface area contributed by atoms with Crippen LogP contribution in [0.4, 0.5) is 0 Å². The Balaban J connectivity index is 2.38. The second-order valence-electron chi connectivity index (χ2n) is 2.75. The Morgan fingerprint density at radius 2 is 2.07 bits per heavy atom. The first-order valence-corrected chi connectivity index (χ1v) is 4.48. The molecule has 0 aromatic heterocycles. The van der Waals surface area contributed by atoms with Crippen molar-refractivity contribution in [2.24, 2.45) is 0 Å². The summed E-state index contributed by atoms with van der Waals surface area (Å²) in [7, 11) is 0. The molecule has 1 aromatic carbocycles. The number of carbonyl (C=O) groups excluding carboxylic acids is 1. The molecule has 0 aliphatic heterocycles. The molecule has 1 amide bonds. The summed E-state index contributed by atoms with van der Waals surface area (Å²) in [5.41, 5.74) is 0.992. The predicted molar refractivity (Wildman–Crippen MR) is 52.1 cm³/mol. The topological polar surface area (TPSA) is 66.0 Å². The van der Waals surface area contributed by atoms with Gasteiger partial charge >= 0.3 is 0 Å². The number of hydrogen-bond acceptors (Lipinski definition) is 2. The first-order valence-electron chi connectivity index (χ1n) is 4.10. The zero-order chi connectivity index (χ0) is 10.4. The number of rotatable bonds is 4. The molecule has 0 fully saturated rings. The summed E-state index contributed by atoms with van der Waals surface area (Å²) in [6.07, 6.45) is 0. The number of halogens is 1. The van der Waals surface area contributed by atoms with Gasteiger partial charge in [0.05, 0.1) is 0 Å². The first-order chi connectivity index (χ1) is 6.72. The van der Waals surface area contributed by atoms with Gasteiger partial charge in [-0.25, -0.2) is 5.90 Å². The van der Waals surface area contributed by atoms with Gasteiger partial charge in [-0.15, -0.1) is 0 Å². The monoisotopic (exact) mass is 215 g/mol. The molecule has 76 valence electrons. The standard InChI is InChI=1S/C9H11ClN2O2/c10-8-3-1-7(2-4-8)5-12-9(13)6-14-11/h1-4H,5-6H2,11H3/p+1. The summed E-state index contributed by atoms with van der Waals surface area (Å²) in [5, 5.41) is 3.35. The second kappa shape index (κ2) is 5.59. The van der Waals surface area contributed by atoms with Crippen molar-refractivity contribution >= 4 is 17.5 Å². The maximum Gasteiger partial charge on any atom is 0.252 e. The zero-order valence-corrected chi connectivity index (χ0v) is 8.38. The number of amides is 1. The van der Waals surface area contributed by atoms with Gasteiger partial charge in [0, 0.05) is 11.6 Å². The van der Waals surface area contributed by atoms with Gasteiger partial charge < -0.3 is 5.32 Å². The van der Waals surface area contributed by atoms with Gasteiger partial charge in [-0.05, 0) is 17.7 Å². The lowest BCUT2D eigenvalue weighted by molar-refractivity contribution is -0.685. The molecule has 0 saturated heterocycles. The molecule has 4 nitrogen and oxygen atoms in total. The molecular weight excluding hydrogens is 204 g/mol. The summed E-state index contributed by atoms with van der Waals surface area (Å²) < 4.78 is 0. The van der Waals surface area contributed by atoms with E-state index in [1.807, 2.05) is 12.1 Å². The van der Waals surface area contributed by atoms with E-state index in [4.69, 9.17) is 11.6 Å². The predicted octanol–water partition coefficient (Wildman–Crippen LogP) is 0.130. The highest BCUT2D eigenvalue weighted by Crippen LogP contribution is 2.08. The number of carbonyl (C=O) groups is 1. The van der Waals surface area contributed by atoms with Crippen LogP contribution in [-0.4, -0.2) is 12.5 Å². The molecule has 0 saturated carbocycles. The van der Waals surface area contributed by atoms with E-state index in [9.17, 15) is 4.79 Å². The van der Waals surface area contributed by atoms with Gasteiger partial charge in [0.1, 0.15) is 0 Å². The van der Waals surface area contributed by atoms with Crippen molar-refractivity contribution in [1.82, 2.24) is 5.32 Å². The Labute approximate surface area is 86.9 Å². The molecular formula is C9H12ClN2O2+. The summed E-state index contributed by atoms with van der Waals surface area (Å²) in [5.74, 6) is 2.93. The minimum Gasteiger partial charge on any atom is -0.350 e. The van der Waals surface area contributed by atoms with Crippen LogP contribution in [0.1, 0.15) is 5.56 Å². The number of benzene rings is 1. The van der Waals surface area contributed by atoms with Crippen molar-refractivity contribution in [2.75, 3.05) is 6.61 Å². The fraction of sp³-hybridized carbons (Fsp3) is 0.222. The molecule has 0 heterocycles. The lowest BCUT2D eigenvalue weighted by Gasteiger charge is -2.03. The van der Waals surface area contributed by atoms with Gasteiger partial charge in [0.25, 0.3) is 5.91 Å². The highest BCUT2D eigenvalue weighted by molar-refractivity contribution is 6.30. The van der Waals surface area contributed by atoms with Crippen LogP contribution < -0.4 is 11.2 Å². The molecule has 5 heteroatoms. The number of hydrogen-bond donors (Lipinski definition) is 2. The SMILES string of the molecule is [NH3+]OCC(=O)NCc1ccc(Cl)cc1. The van der Waals surface area contributed by atoms with Crippen LogP contribution in [0.5, 0.6) is 0 Å². The van der Waals surface area contributed by atoms with E-state index >= 15 is 0 Å². The Kier molecular flexibility index (Phi) is 4.39. The van der Waals surface area contributed by atoms with Crippen molar-refractivity contribution in [1.29, 1.82) is 0 Å². The first kappa shape index (κ1) is 11.0. The summed E-state index contributed by atoms with van der Waals surface area (Å²) in [6, 6.07) is 7.27. The second-order valence-corrected chi connectivity index (χ2v) is 3.19. The number of quaternary nitrogens is 1. The zero-order valence-electron chi connectivity index (χ0n) is 7.63. The number of nitrogens with one attached hydrogen (secondary N) is 1. The van der Waals surface area contributed by atoms with E-state index in [2.05, 4.69) is 16.1 Å². The molecule has 1 aromatic rings. The van der Waals surface area contributed by atoms with E-state index in [-0.39, 0.29) is 12.5 Å². The van der Waals surface area contributed by atoms with Crippen LogP contribution in [0.15, 0.2) is 24.3 Å². The van der Waals surface area contributed by atoms with Gasteiger partial charge in [-0.3, -0.25) is 4.79 Å². The van der Waals surface area contributed by atoms with Crippen LogP contribution in [0.25, 0.3) is 0 Å². The van der Waals surface area contributed by atoms with Gasteiger partial charge in [0.2, 0.25) is 0 Å². The van der Waals surface area contributed by atoms with E-state index in [1.165, 1.54) is 0 Å². The quantitative estimate of drug-likeness (QED) is 0.702. The minimum atomic E-state index is -0.185. The molecule has 0 atom stereocenters. The molecule has 4 N–H and O–H groups in total. The van der Waals surface area contributed by atoms with E-state index in [0.717, 1.165) is 5.56 Å². The minimum absolute atomic E-state index is 0.0202. The van der Waals surface area contributed by atoms with Crippen molar-refractivity contribution in [2.45, 2.75) is 6.54 Å². The normalized spacial score (nSPS) is 9.86. The lowest BCUT2D eigenvalue weighted by Crippen LogP contribution is -2.51. The summed E-state index contributed by atoms with van der Waals surface area (Å²) >= 11 is 5.71. The third-order valence-corrected chi connectivity index (χ3v) is 1.89. The Hall–Kier alpha value is -1.10. The maximum absolute atomic E-state index is 11.0. The van der Waals surface area contributed by atoms with Crippen LogP contribution in [0, 0.1) is 0 Å². The molecule has 1 rings (SSSR count). The Morgan fingerprint density at radius 1 is 1.43 bits per heavy atom. The largest absolute Gasteiger partial charge is 0.350 e. The van der Waals surface area contributed by atoms with E-state index in [0.29, 0.717) is 11.6 Å². The van der Waals surface area contributed by atoms with Crippen molar-refractivity contribution in [3.8, 4) is 0 Å². The molecule has 0 unspecified atom stereocenters. The fourth-order valence-electron chi connectivity index (χ4n) is 0.947. The highest BCUT2D eigenvalue weighted by atomic mass is 35.5. The molecule has 0 aliphatic carbocycles. The van der Waals surface area contributed by atoms with Crippen LogP contribution >= 0.6 is 11.6 Å². The van der Waals surface area contributed by atoms with Crippen molar-refractivity contribution in [3.63, 3.8) is 0 Å². The van der Waals surface area contributed by atoms with Gasteiger partial charge in [-0.1, -0.05) is 23.7 Å². The lowest BCUT2D eigenvalue weighted by atomic mass is 10.2. The van der Waals surface area contributed by atoms with Crippen LogP contribution in [0.3, 0.4) is 0 Å². The smallest absolute Gasteiger partial charge is 0.252 e. The average molecular weight is 216 g/mol. The molecule has 14 heavy (non-hydrogen) atoms. The summed E-state index contributed by atoms with van der Waals surface area (Å²) in [4.78, 5) is 15.4. The highest BCUT2D eigenvalue weighted by Gasteiger charge is 2.00. The van der Waals surface area contributed by atoms with E-state index < -0.39 is 0 Å². The van der Waals surface area contributed by atoms with Gasteiger partial charge in [-0.2, -0.15) is 4.84 Å². The Bertz CT molecular complexity index is 300. The van der Waals surface area contributed by atoms with Crippen LogP contribution in [0.2, 0.25) is 5.02 Å². The van der Waals surface area contributed by atoms with Crippen molar-refractivity contribution in [3.05, 3.63) is 34.9 Å². The average Bonchev–Trinajstić information content (AvgIpc) is 2.17. The summed E-state index contributed by atoms with van der Waals surface area (Å²) in [6.45, 7) is 0.451.